The first-order chi connectivity index (χ1) is 23.9. The second-order valence-corrected chi connectivity index (χ2v) is 17.4. The lowest BCUT2D eigenvalue weighted by molar-refractivity contribution is -0.141. The lowest BCUT2D eigenvalue weighted by Crippen LogP contribution is -2.58. The summed E-state index contributed by atoms with van der Waals surface area (Å²) in [6, 6.07) is 6.25. The van der Waals surface area contributed by atoms with Gasteiger partial charge in [0.2, 0.25) is 21.8 Å². The molecular formula is C35H42ClF2N5O7S. The fourth-order valence-corrected chi connectivity index (χ4v) is 8.58. The van der Waals surface area contributed by atoms with Gasteiger partial charge in [-0.15, -0.1) is 0 Å². The summed E-state index contributed by atoms with van der Waals surface area (Å²) in [6.07, 6.45) is -0.117. The first-order valence-corrected chi connectivity index (χ1v) is 19.0. The zero-order valence-corrected chi connectivity index (χ0v) is 30.4. The number of rotatable bonds is 10. The standard InChI is InChI=1S/C35H42ClF2N5O7S/c1-5-20-15-35(20,32(46)41-51(48,49)23-10-11-23)40-30(44)28-14-22(50-33(47)42-16-19-7-6-8-25(36)24(19)18-42)17-43(28)31(45)29(34(2,3)4)39-21-9-12-26(37)27(38)13-21/h6-9,12-13,20,22-23,28-29,39H,5,10-11,14-18H2,1-4H3,(H,40,44)(H,41,46). The molecule has 276 valence electrons. The Morgan fingerprint density at radius 2 is 1.80 bits per heavy atom. The van der Waals surface area contributed by atoms with Crippen molar-refractivity contribution in [3.05, 3.63) is 64.2 Å². The molecule has 4 amide bonds. The van der Waals surface area contributed by atoms with E-state index in [1.54, 1.807) is 32.9 Å². The van der Waals surface area contributed by atoms with Gasteiger partial charge >= 0.3 is 6.09 Å². The van der Waals surface area contributed by atoms with Crippen molar-refractivity contribution in [1.29, 1.82) is 0 Å². The number of benzene rings is 2. The predicted molar refractivity (Wildman–Crippen MR) is 184 cm³/mol. The Bertz CT molecular complexity index is 1870. The van der Waals surface area contributed by atoms with Gasteiger partial charge in [-0.2, -0.15) is 0 Å². The van der Waals surface area contributed by atoms with Crippen molar-refractivity contribution in [3.8, 4) is 0 Å². The van der Waals surface area contributed by atoms with Gasteiger partial charge in [0, 0.05) is 29.7 Å². The first-order valence-electron chi connectivity index (χ1n) is 17.1. The number of sulfonamides is 1. The molecule has 12 nitrogen and oxygen atoms in total. The molecule has 5 atom stereocenters. The zero-order valence-electron chi connectivity index (χ0n) is 28.8. The molecule has 2 aliphatic carbocycles. The molecule has 2 aliphatic heterocycles. The highest BCUT2D eigenvalue weighted by molar-refractivity contribution is 7.91. The van der Waals surface area contributed by atoms with E-state index in [-0.39, 0.29) is 44.1 Å². The molecule has 16 heteroatoms. The predicted octanol–water partition coefficient (Wildman–Crippen LogP) is 4.46. The molecule has 0 aromatic heterocycles. The summed E-state index contributed by atoms with van der Waals surface area (Å²) >= 11 is 6.34. The average molecular weight is 750 g/mol. The Kier molecular flexibility index (Phi) is 9.76. The summed E-state index contributed by atoms with van der Waals surface area (Å²) in [7, 11) is -3.90. The Morgan fingerprint density at radius 1 is 1.08 bits per heavy atom. The van der Waals surface area contributed by atoms with Gasteiger partial charge in [0.1, 0.15) is 23.7 Å². The average Bonchev–Trinajstić information content (AvgIpc) is 3.95. The molecule has 2 heterocycles. The molecule has 4 aliphatic rings. The monoisotopic (exact) mass is 749 g/mol. The normalized spacial score (nSPS) is 24.8. The van der Waals surface area contributed by atoms with Gasteiger partial charge in [0.25, 0.3) is 5.91 Å². The summed E-state index contributed by atoms with van der Waals surface area (Å²) in [4.78, 5) is 58.2. The van der Waals surface area contributed by atoms with E-state index in [2.05, 4.69) is 15.4 Å². The van der Waals surface area contributed by atoms with Crippen molar-refractivity contribution < 1.29 is 41.1 Å². The Labute approximate surface area is 300 Å². The number of likely N-dealkylation sites (tertiary alicyclic amines) is 1. The third kappa shape index (κ3) is 7.50. The van der Waals surface area contributed by atoms with Crippen molar-refractivity contribution in [1.82, 2.24) is 19.8 Å². The van der Waals surface area contributed by atoms with Crippen LogP contribution in [0.25, 0.3) is 0 Å². The molecule has 0 radical (unpaired) electrons. The van der Waals surface area contributed by atoms with Crippen LogP contribution in [-0.2, 0) is 42.2 Å². The van der Waals surface area contributed by atoms with E-state index >= 15 is 0 Å². The van der Waals surface area contributed by atoms with Crippen molar-refractivity contribution in [2.75, 3.05) is 11.9 Å². The van der Waals surface area contributed by atoms with Crippen LogP contribution in [0.2, 0.25) is 5.02 Å². The fourth-order valence-electron chi connectivity index (χ4n) is 6.96. The largest absolute Gasteiger partial charge is 0.444 e. The second kappa shape index (κ2) is 13.5. The van der Waals surface area contributed by atoms with Crippen LogP contribution in [0.1, 0.15) is 70.9 Å². The summed E-state index contributed by atoms with van der Waals surface area (Å²) in [5.74, 6) is -4.62. The minimum atomic E-state index is -3.90. The molecule has 0 bridgehead atoms. The number of amides is 4. The molecule has 2 aromatic carbocycles. The maximum atomic E-state index is 14.4. The Hall–Kier alpha value is -3.98. The zero-order chi connectivity index (χ0) is 37.0. The van der Waals surface area contributed by atoms with Crippen LogP contribution in [0, 0.1) is 23.0 Å². The lowest BCUT2D eigenvalue weighted by atomic mass is 9.85. The van der Waals surface area contributed by atoms with Gasteiger partial charge in [0.15, 0.2) is 11.6 Å². The van der Waals surface area contributed by atoms with Gasteiger partial charge in [-0.1, -0.05) is 57.8 Å². The first kappa shape index (κ1) is 36.8. The molecule has 0 spiro atoms. The van der Waals surface area contributed by atoms with Crippen LogP contribution >= 0.6 is 11.6 Å². The number of anilines is 1. The third-order valence-electron chi connectivity index (χ3n) is 10.2. The topological polar surface area (TPSA) is 154 Å². The maximum Gasteiger partial charge on any atom is 0.410 e. The van der Waals surface area contributed by atoms with E-state index in [9.17, 15) is 36.4 Å². The summed E-state index contributed by atoms with van der Waals surface area (Å²) in [5.41, 5.74) is -0.506. The number of carbonyl (C=O) groups excluding carboxylic acids is 4. The number of nitrogens with one attached hydrogen (secondary N) is 3. The SMILES string of the molecule is CCC1CC1(NC(=O)C1CC(OC(=O)N2Cc3cccc(Cl)c3C2)CN1C(=O)C(Nc1ccc(F)c(F)c1)C(C)(C)C)C(=O)NS(=O)(=O)C1CC1. The van der Waals surface area contributed by atoms with Gasteiger partial charge < -0.3 is 20.3 Å². The molecule has 6 rings (SSSR count). The Morgan fingerprint density at radius 3 is 2.41 bits per heavy atom. The number of nitrogens with zero attached hydrogens (tertiary/aromatic N) is 2. The highest BCUT2D eigenvalue weighted by atomic mass is 35.5. The molecule has 2 aromatic rings. The van der Waals surface area contributed by atoms with Crippen LogP contribution in [0.4, 0.5) is 19.3 Å². The number of hydrogen-bond acceptors (Lipinski definition) is 8. The fraction of sp³-hybridized carbons (Fsp3) is 0.543. The summed E-state index contributed by atoms with van der Waals surface area (Å²) < 4.78 is 61.2. The van der Waals surface area contributed by atoms with Crippen LogP contribution in [0.3, 0.4) is 0 Å². The van der Waals surface area contributed by atoms with E-state index in [0.29, 0.717) is 24.3 Å². The lowest BCUT2D eigenvalue weighted by Gasteiger charge is -2.36. The summed E-state index contributed by atoms with van der Waals surface area (Å²) in [6.45, 7) is 7.41. The van der Waals surface area contributed by atoms with E-state index in [1.807, 2.05) is 13.0 Å². The molecule has 5 unspecified atom stereocenters. The van der Waals surface area contributed by atoms with Crippen LogP contribution < -0.4 is 15.4 Å². The number of ether oxygens (including phenoxy) is 1. The van der Waals surface area contributed by atoms with Crippen LogP contribution in [-0.4, -0.2) is 77.6 Å². The van der Waals surface area contributed by atoms with E-state index in [1.165, 1.54) is 15.9 Å². The number of hydrogen-bond donors (Lipinski definition) is 3. The van der Waals surface area contributed by atoms with Crippen molar-refractivity contribution in [2.45, 2.75) is 102 Å². The minimum Gasteiger partial charge on any atom is -0.444 e. The molecule has 3 N–H and O–H groups in total. The number of fused-ring (bicyclic) bond motifs is 1. The van der Waals surface area contributed by atoms with Gasteiger partial charge in [-0.05, 0) is 59.9 Å². The molecule has 51 heavy (non-hydrogen) atoms. The van der Waals surface area contributed by atoms with Gasteiger partial charge in [-0.3, -0.25) is 24.0 Å². The quantitative estimate of drug-likeness (QED) is 0.322. The third-order valence-corrected chi connectivity index (χ3v) is 12.4. The summed E-state index contributed by atoms with van der Waals surface area (Å²) in [5, 5.41) is 5.64. The molecule has 1 saturated heterocycles. The molecular weight excluding hydrogens is 708 g/mol. The smallest absolute Gasteiger partial charge is 0.410 e. The minimum absolute atomic E-state index is 0.109. The molecule has 3 fully saturated rings. The Balaban J connectivity index is 1.25. The van der Waals surface area contributed by atoms with Crippen molar-refractivity contribution >= 4 is 51.1 Å². The van der Waals surface area contributed by atoms with Gasteiger partial charge in [-0.25, -0.2) is 22.0 Å². The number of carbonyl (C=O) groups is 4. The van der Waals surface area contributed by atoms with E-state index in [0.717, 1.165) is 23.3 Å². The van der Waals surface area contributed by atoms with Crippen LogP contribution in [0.15, 0.2) is 36.4 Å². The number of halogens is 3. The molecule has 2 saturated carbocycles. The van der Waals surface area contributed by atoms with Gasteiger partial charge in [0.05, 0.1) is 18.3 Å². The van der Waals surface area contributed by atoms with Crippen molar-refractivity contribution in [3.63, 3.8) is 0 Å². The van der Waals surface area contributed by atoms with E-state index in [4.69, 9.17) is 16.3 Å². The highest BCUT2D eigenvalue weighted by Gasteiger charge is 2.62. The highest BCUT2D eigenvalue weighted by Crippen LogP contribution is 2.47. The van der Waals surface area contributed by atoms with Crippen molar-refractivity contribution in [2.24, 2.45) is 11.3 Å². The van der Waals surface area contributed by atoms with E-state index < -0.39 is 79.9 Å². The second-order valence-electron chi connectivity index (χ2n) is 15.0. The van der Waals surface area contributed by atoms with Crippen LogP contribution in [0.5, 0.6) is 0 Å². The maximum absolute atomic E-state index is 14.4.